The van der Waals surface area contributed by atoms with Gasteiger partial charge >= 0.3 is 8.32 Å². The third-order valence-corrected chi connectivity index (χ3v) is 21.1. The number of rotatable bonds is 25. The van der Waals surface area contributed by atoms with Crippen LogP contribution in [0.15, 0.2) is 224 Å². The van der Waals surface area contributed by atoms with E-state index < -0.39 is 86.9 Å². The Kier molecular flexibility index (Phi) is 20.8. The molecule has 0 N–H and O–H groups in total. The smallest absolute Gasteiger partial charge is 0.320 e. The molecule has 1 unspecified atom stereocenters. The maximum Gasteiger partial charge on any atom is 0.320 e. The lowest BCUT2D eigenvalue weighted by Gasteiger charge is -2.49. The first-order valence-corrected chi connectivity index (χ1v) is 31.7. The normalized spacial score (nSPS) is 24.0. The van der Waals surface area contributed by atoms with Crippen LogP contribution in [0.3, 0.4) is 0 Å². The van der Waals surface area contributed by atoms with Crippen molar-refractivity contribution in [3.8, 4) is 11.5 Å². The van der Waals surface area contributed by atoms with Crippen LogP contribution in [0.25, 0.3) is 0 Å². The van der Waals surface area contributed by atoms with E-state index in [0.717, 1.165) is 38.2 Å². The molecule has 0 aromatic heterocycles. The number of fused-ring (bicyclic) bond motifs is 1. The Labute approximate surface area is 511 Å². The molecule has 3 aliphatic rings. The molecule has 87 heavy (non-hydrogen) atoms. The van der Waals surface area contributed by atoms with E-state index in [1.165, 1.54) is 6.07 Å². The standard InChI is InChI=1S/C72H77FO13Si/c1-72(2,3)87(57-32-20-10-21-33-57,58-34-22-11-23-35-58)86-60-41-38-54(42-59(60)73)47-78-66-64-62(49-81-69(85-64)55-30-18-9-19-31-55)84-71(68(66)80-46-53-36-39-56(74-4)40-37-53)82-48-61-63(76-43-50-24-12-6-13-25-50)65(77-44-51-26-14-7-15-27-51)67(70(75-5)83-61)79-45-52-28-16-8-17-29-52/h6-42,61-71H,43-49H2,1-5H3/t61-,62-,63-,64-,65+,66+,67-,68+,69?,70+,71-/m1/s1. The van der Waals surface area contributed by atoms with Gasteiger partial charge in [0.05, 0.1) is 53.4 Å². The second kappa shape index (κ2) is 29.4. The molecule has 3 fully saturated rings. The second-order valence-corrected chi connectivity index (χ2v) is 27.3. The van der Waals surface area contributed by atoms with E-state index in [0.29, 0.717) is 11.3 Å². The first-order chi connectivity index (χ1) is 42.6. The zero-order valence-electron chi connectivity index (χ0n) is 49.8. The zero-order chi connectivity index (χ0) is 60.0. The lowest BCUT2D eigenvalue weighted by Crippen LogP contribution is -2.68. The van der Waals surface area contributed by atoms with Crippen LogP contribution in [0.4, 0.5) is 4.39 Å². The molecule has 0 amide bonds. The molecule has 15 heteroatoms. The minimum Gasteiger partial charge on any atom is -0.532 e. The van der Waals surface area contributed by atoms with Crippen molar-refractivity contribution in [2.45, 2.75) is 127 Å². The zero-order valence-corrected chi connectivity index (χ0v) is 50.8. The predicted octanol–water partition coefficient (Wildman–Crippen LogP) is 12.2. The molecule has 0 radical (unpaired) electrons. The lowest BCUT2D eigenvalue weighted by atomic mass is 9.96. The van der Waals surface area contributed by atoms with Gasteiger partial charge in [0.2, 0.25) is 0 Å². The van der Waals surface area contributed by atoms with E-state index in [1.807, 2.05) is 188 Å². The van der Waals surface area contributed by atoms with Crippen LogP contribution < -0.4 is 19.5 Å². The summed E-state index contributed by atoms with van der Waals surface area (Å²) in [7, 11) is 0.0349. The topological polar surface area (TPSA) is 120 Å². The van der Waals surface area contributed by atoms with Crippen LogP contribution in [-0.2, 0) is 85.1 Å². The molecule has 454 valence electrons. The quantitative estimate of drug-likeness (QED) is 0.0506. The molecule has 0 aliphatic carbocycles. The van der Waals surface area contributed by atoms with Gasteiger partial charge < -0.3 is 61.3 Å². The summed E-state index contributed by atoms with van der Waals surface area (Å²) in [6.45, 7) is 7.38. The summed E-state index contributed by atoms with van der Waals surface area (Å²) in [5.74, 6) is 0.339. The van der Waals surface area contributed by atoms with E-state index in [-0.39, 0.29) is 52.0 Å². The van der Waals surface area contributed by atoms with Crippen LogP contribution in [0.5, 0.6) is 11.5 Å². The summed E-state index contributed by atoms with van der Waals surface area (Å²) in [6, 6.07) is 72.6. The molecule has 8 aromatic carbocycles. The molecule has 0 spiro atoms. The Morgan fingerprint density at radius 1 is 0.460 bits per heavy atom. The molecule has 0 saturated carbocycles. The average Bonchev–Trinajstić information content (AvgIpc) is 1.31. The van der Waals surface area contributed by atoms with Crippen molar-refractivity contribution in [2.24, 2.45) is 0 Å². The molecule has 8 aromatic rings. The molecule has 3 heterocycles. The number of halogens is 1. The van der Waals surface area contributed by atoms with E-state index in [9.17, 15) is 0 Å². The number of ether oxygens (including phenoxy) is 12. The molecule has 11 rings (SSSR count). The predicted molar refractivity (Wildman–Crippen MR) is 330 cm³/mol. The molecule has 11 atom stereocenters. The van der Waals surface area contributed by atoms with Gasteiger partial charge in [-0.1, -0.05) is 221 Å². The summed E-state index contributed by atoms with van der Waals surface area (Å²) in [4.78, 5) is 0. The van der Waals surface area contributed by atoms with Gasteiger partial charge in [-0.15, -0.1) is 0 Å². The van der Waals surface area contributed by atoms with Gasteiger partial charge in [-0.2, -0.15) is 0 Å². The lowest BCUT2D eigenvalue weighted by molar-refractivity contribution is -0.379. The molecule has 3 aliphatic heterocycles. The van der Waals surface area contributed by atoms with Gasteiger partial charge in [-0.25, -0.2) is 4.39 Å². The highest BCUT2D eigenvalue weighted by molar-refractivity contribution is 7.00. The highest BCUT2D eigenvalue weighted by Gasteiger charge is 2.55. The van der Waals surface area contributed by atoms with Crippen molar-refractivity contribution in [1.82, 2.24) is 0 Å². The molecule has 0 bridgehead atoms. The van der Waals surface area contributed by atoms with Crippen LogP contribution in [-0.4, -0.2) is 97.2 Å². The molecule has 13 nitrogen and oxygen atoms in total. The fourth-order valence-electron chi connectivity index (χ4n) is 11.7. The largest absolute Gasteiger partial charge is 0.532 e. The number of hydrogen-bond donors (Lipinski definition) is 0. The van der Waals surface area contributed by atoms with Gasteiger partial charge in [0.15, 0.2) is 24.7 Å². The van der Waals surface area contributed by atoms with Gasteiger partial charge in [0.1, 0.15) is 60.3 Å². The summed E-state index contributed by atoms with van der Waals surface area (Å²) in [5.41, 5.74) is 5.14. The van der Waals surface area contributed by atoms with Crippen LogP contribution in [0.1, 0.15) is 60.4 Å². The highest BCUT2D eigenvalue weighted by atomic mass is 28.4. The second-order valence-electron chi connectivity index (χ2n) is 23.0. The first kappa shape index (κ1) is 61.7. The Bertz CT molecular complexity index is 3290. The Hall–Kier alpha value is -6.93. The maximum absolute atomic E-state index is 17.1. The fourth-order valence-corrected chi connectivity index (χ4v) is 16.1. The summed E-state index contributed by atoms with van der Waals surface area (Å²) >= 11 is 0. The Balaban J connectivity index is 0.919. The Morgan fingerprint density at radius 2 is 0.920 bits per heavy atom. The maximum atomic E-state index is 17.1. The summed E-state index contributed by atoms with van der Waals surface area (Å²) in [6.07, 6.45) is -9.11. The Morgan fingerprint density at radius 3 is 1.44 bits per heavy atom. The van der Waals surface area contributed by atoms with E-state index in [4.69, 9.17) is 61.3 Å². The molecular formula is C72H77FO13Si. The summed E-state index contributed by atoms with van der Waals surface area (Å²) in [5, 5.41) is 1.67. The van der Waals surface area contributed by atoms with Crippen LogP contribution >= 0.6 is 0 Å². The first-order valence-electron chi connectivity index (χ1n) is 29.8. The fraction of sp³-hybridized carbons (Fsp3) is 0.333. The SMILES string of the molecule is COc1ccc(CO[C@@H]2[C@H](OC[C@H]3O[C@H](OC)[C@H](OCc4ccccc4)[C@@H](OCc4ccccc4)[C@@H]3OCc3ccccc3)O[C@@H]3COC(c4ccccc4)O[C@H]3[C@@H]2OCc2ccc(O[Si](c3ccccc3)(c3ccccc3)C(C)(C)C)c(F)c2)cc1. The van der Waals surface area contributed by atoms with Crippen LogP contribution in [0.2, 0.25) is 5.04 Å². The van der Waals surface area contributed by atoms with Crippen molar-refractivity contribution >= 4 is 18.7 Å². The van der Waals surface area contributed by atoms with E-state index >= 15 is 4.39 Å². The van der Waals surface area contributed by atoms with Crippen molar-refractivity contribution < 1.29 is 65.7 Å². The third kappa shape index (κ3) is 15.0. The van der Waals surface area contributed by atoms with Crippen molar-refractivity contribution in [3.63, 3.8) is 0 Å². The average molecular weight is 1200 g/mol. The van der Waals surface area contributed by atoms with E-state index in [1.54, 1.807) is 20.3 Å². The van der Waals surface area contributed by atoms with Gasteiger partial charge in [0, 0.05) is 12.7 Å². The molecule has 3 saturated heterocycles. The summed E-state index contributed by atoms with van der Waals surface area (Å²) < 4.78 is 105. The van der Waals surface area contributed by atoms with Gasteiger partial charge in [-0.3, -0.25) is 0 Å². The van der Waals surface area contributed by atoms with E-state index in [2.05, 4.69) is 45.0 Å². The number of benzene rings is 8. The monoisotopic (exact) mass is 1200 g/mol. The highest BCUT2D eigenvalue weighted by Crippen LogP contribution is 2.41. The van der Waals surface area contributed by atoms with Crippen molar-refractivity contribution in [3.05, 3.63) is 264 Å². The minimum atomic E-state index is -3.18. The van der Waals surface area contributed by atoms with Gasteiger partial charge in [-0.05, 0) is 67.5 Å². The minimum absolute atomic E-state index is 0.0406. The van der Waals surface area contributed by atoms with Gasteiger partial charge in [0.25, 0.3) is 0 Å². The number of methoxy groups -OCH3 is 2. The third-order valence-electron chi connectivity index (χ3n) is 16.2. The molecular weight excluding hydrogens is 1120 g/mol. The van der Waals surface area contributed by atoms with Crippen LogP contribution in [0, 0.1) is 5.82 Å². The van der Waals surface area contributed by atoms with Crippen molar-refractivity contribution in [2.75, 3.05) is 27.4 Å². The van der Waals surface area contributed by atoms with Crippen molar-refractivity contribution in [1.29, 1.82) is 0 Å². The number of hydrogen-bond acceptors (Lipinski definition) is 13.